The normalized spacial score (nSPS) is 34.6. The van der Waals surface area contributed by atoms with E-state index in [4.69, 9.17) is 0 Å². The molecule has 1 aliphatic carbocycles. The highest BCUT2D eigenvalue weighted by Gasteiger charge is 2.32. The summed E-state index contributed by atoms with van der Waals surface area (Å²) in [4.78, 5) is 0. The summed E-state index contributed by atoms with van der Waals surface area (Å²) in [6.07, 6.45) is 2.97. The summed E-state index contributed by atoms with van der Waals surface area (Å²) in [6.45, 7) is 6.68. The van der Waals surface area contributed by atoms with Gasteiger partial charge in [0.05, 0.1) is 0 Å². The second-order valence-electron chi connectivity index (χ2n) is 4.94. The maximum Gasteiger partial charge on any atom is 0.162 e. The van der Waals surface area contributed by atoms with Crippen LogP contribution in [0.25, 0.3) is 0 Å². The fourth-order valence-corrected chi connectivity index (χ4v) is 2.47. The van der Waals surface area contributed by atoms with Crippen molar-refractivity contribution in [3.05, 3.63) is 0 Å². The Morgan fingerprint density at radius 2 is 1.69 bits per heavy atom. The summed E-state index contributed by atoms with van der Waals surface area (Å²) in [5.74, 6) is 0.545. The molecule has 2 unspecified atom stereocenters. The molecule has 0 spiro atoms. The second kappa shape index (κ2) is 3.97. The van der Waals surface area contributed by atoms with Crippen molar-refractivity contribution in [3.8, 4) is 0 Å². The van der Waals surface area contributed by atoms with Gasteiger partial charge in [0, 0.05) is 12.8 Å². The Bertz CT molecular complexity index is 163. The molecule has 2 nitrogen and oxygen atoms in total. The highest BCUT2D eigenvalue weighted by atomic mass is 16.5. The van der Waals surface area contributed by atoms with Crippen LogP contribution < -0.4 is 0 Å². The number of hydrogen-bond acceptors (Lipinski definition) is 2. The van der Waals surface area contributed by atoms with Crippen LogP contribution in [-0.4, -0.2) is 16.0 Å². The fourth-order valence-electron chi connectivity index (χ4n) is 2.47. The topological polar surface area (TPSA) is 40.5 Å². The SMILES string of the molecule is CC(C)C1CCC(O)(O)CCC1C. The van der Waals surface area contributed by atoms with E-state index in [9.17, 15) is 10.2 Å². The molecular weight excluding hydrogens is 164 g/mol. The summed E-state index contributed by atoms with van der Waals surface area (Å²) < 4.78 is 0. The lowest BCUT2D eigenvalue weighted by Crippen LogP contribution is -2.26. The molecule has 1 rings (SSSR count). The van der Waals surface area contributed by atoms with Crippen LogP contribution in [0.3, 0.4) is 0 Å². The lowest BCUT2D eigenvalue weighted by Gasteiger charge is -2.24. The highest BCUT2D eigenvalue weighted by Crippen LogP contribution is 2.36. The van der Waals surface area contributed by atoms with Gasteiger partial charge in [-0.3, -0.25) is 0 Å². The summed E-state index contributed by atoms with van der Waals surface area (Å²) in [5, 5.41) is 19.1. The van der Waals surface area contributed by atoms with Crippen LogP contribution in [0, 0.1) is 17.8 Å². The Hall–Kier alpha value is -0.0800. The molecule has 0 saturated heterocycles. The van der Waals surface area contributed by atoms with Crippen molar-refractivity contribution in [1.82, 2.24) is 0 Å². The third kappa shape index (κ3) is 2.96. The second-order valence-corrected chi connectivity index (χ2v) is 4.94. The first kappa shape index (κ1) is 11.0. The van der Waals surface area contributed by atoms with Crippen LogP contribution in [0.1, 0.15) is 46.5 Å². The van der Waals surface area contributed by atoms with Crippen LogP contribution in [0.15, 0.2) is 0 Å². The molecular formula is C11H22O2. The lowest BCUT2D eigenvalue weighted by atomic mass is 9.81. The molecule has 2 heteroatoms. The minimum Gasteiger partial charge on any atom is -0.366 e. The molecule has 2 N–H and O–H groups in total. The van der Waals surface area contributed by atoms with Crippen LogP contribution in [0.5, 0.6) is 0 Å². The van der Waals surface area contributed by atoms with E-state index in [1.54, 1.807) is 0 Å². The minimum atomic E-state index is -1.39. The van der Waals surface area contributed by atoms with Gasteiger partial charge in [0.15, 0.2) is 5.79 Å². The van der Waals surface area contributed by atoms with Crippen molar-refractivity contribution >= 4 is 0 Å². The maximum absolute atomic E-state index is 9.53. The van der Waals surface area contributed by atoms with Crippen molar-refractivity contribution in [2.24, 2.45) is 17.8 Å². The molecule has 0 heterocycles. The Balaban J connectivity index is 2.60. The van der Waals surface area contributed by atoms with Crippen molar-refractivity contribution in [2.45, 2.75) is 52.2 Å². The first-order valence-electron chi connectivity index (χ1n) is 5.37. The quantitative estimate of drug-likeness (QED) is 0.486. The van der Waals surface area contributed by atoms with Crippen LogP contribution in [0.2, 0.25) is 0 Å². The molecule has 0 aromatic heterocycles. The first-order valence-corrected chi connectivity index (χ1v) is 5.37. The van der Waals surface area contributed by atoms with Crippen LogP contribution >= 0.6 is 0 Å². The zero-order chi connectivity index (χ0) is 10.1. The summed E-state index contributed by atoms with van der Waals surface area (Å²) in [7, 11) is 0. The van der Waals surface area contributed by atoms with E-state index >= 15 is 0 Å². The van der Waals surface area contributed by atoms with Gasteiger partial charge in [0.1, 0.15) is 0 Å². The standard InChI is InChI=1S/C11H22O2/c1-8(2)10-5-7-11(12,13)6-4-9(10)3/h8-10,12-13H,4-7H2,1-3H3. The summed E-state index contributed by atoms with van der Waals surface area (Å²) in [6, 6.07) is 0. The zero-order valence-electron chi connectivity index (χ0n) is 8.95. The van der Waals surface area contributed by atoms with Crippen molar-refractivity contribution in [2.75, 3.05) is 0 Å². The van der Waals surface area contributed by atoms with E-state index in [0.29, 0.717) is 30.6 Å². The molecule has 2 atom stereocenters. The smallest absolute Gasteiger partial charge is 0.162 e. The predicted octanol–water partition coefficient (Wildman–Crippen LogP) is 2.15. The van der Waals surface area contributed by atoms with Crippen LogP contribution in [-0.2, 0) is 0 Å². The maximum atomic E-state index is 9.53. The molecule has 1 aliphatic rings. The van der Waals surface area contributed by atoms with E-state index in [0.717, 1.165) is 12.8 Å². The van der Waals surface area contributed by atoms with Gasteiger partial charge in [-0.15, -0.1) is 0 Å². The number of rotatable bonds is 1. The minimum absolute atomic E-state index is 0.539. The summed E-state index contributed by atoms with van der Waals surface area (Å²) >= 11 is 0. The highest BCUT2D eigenvalue weighted by molar-refractivity contribution is 4.79. The summed E-state index contributed by atoms with van der Waals surface area (Å²) in [5.41, 5.74) is 0. The Morgan fingerprint density at radius 3 is 2.23 bits per heavy atom. The van der Waals surface area contributed by atoms with Crippen molar-refractivity contribution in [3.63, 3.8) is 0 Å². The third-order valence-corrected chi connectivity index (χ3v) is 3.47. The van der Waals surface area contributed by atoms with Gasteiger partial charge in [-0.25, -0.2) is 0 Å². The van der Waals surface area contributed by atoms with E-state index in [1.807, 2.05) is 0 Å². The van der Waals surface area contributed by atoms with E-state index in [-0.39, 0.29) is 0 Å². The van der Waals surface area contributed by atoms with Gasteiger partial charge in [-0.2, -0.15) is 0 Å². The van der Waals surface area contributed by atoms with Gasteiger partial charge >= 0.3 is 0 Å². The Labute approximate surface area is 81.0 Å². The van der Waals surface area contributed by atoms with Gasteiger partial charge in [-0.1, -0.05) is 20.8 Å². The van der Waals surface area contributed by atoms with Crippen molar-refractivity contribution in [1.29, 1.82) is 0 Å². The molecule has 0 aromatic carbocycles. The van der Waals surface area contributed by atoms with Gasteiger partial charge < -0.3 is 10.2 Å². The van der Waals surface area contributed by atoms with Gasteiger partial charge in [-0.05, 0) is 30.6 Å². The van der Waals surface area contributed by atoms with Crippen LogP contribution in [0.4, 0.5) is 0 Å². The van der Waals surface area contributed by atoms with Gasteiger partial charge in [0.25, 0.3) is 0 Å². The molecule has 0 bridgehead atoms. The largest absolute Gasteiger partial charge is 0.366 e. The van der Waals surface area contributed by atoms with Crippen molar-refractivity contribution < 1.29 is 10.2 Å². The van der Waals surface area contributed by atoms with E-state index in [2.05, 4.69) is 20.8 Å². The van der Waals surface area contributed by atoms with E-state index in [1.165, 1.54) is 0 Å². The molecule has 78 valence electrons. The number of aliphatic hydroxyl groups is 2. The monoisotopic (exact) mass is 186 g/mol. The molecule has 0 radical (unpaired) electrons. The predicted molar refractivity (Wildman–Crippen MR) is 53.1 cm³/mol. The molecule has 1 saturated carbocycles. The van der Waals surface area contributed by atoms with Gasteiger partial charge in [0.2, 0.25) is 0 Å². The molecule has 1 fully saturated rings. The third-order valence-electron chi connectivity index (χ3n) is 3.47. The van der Waals surface area contributed by atoms with E-state index < -0.39 is 5.79 Å². The Morgan fingerprint density at radius 1 is 1.15 bits per heavy atom. The Kier molecular flexibility index (Phi) is 3.36. The lowest BCUT2D eigenvalue weighted by molar-refractivity contribution is -0.169. The fraction of sp³-hybridized carbons (Fsp3) is 1.00. The molecule has 13 heavy (non-hydrogen) atoms. The molecule has 0 aromatic rings. The average molecular weight is 186 g/mol. The zero-order valence-corrected chi connectivity index (χ0v) is 8.95. The molecule has 0 aliphatic heterocycles. The number of hydrogen-bond donors (Lipinski definition) is 2. The first-order chi connectivity index (χ1) is 5.92. The average Bonchev–Trinajstić information content (AvgIpc) is 2.11. The molecule has 0 amide bonds.